The standard InChI is InChI=1S/C9H17N5O/c1-10-6-9-11-12-13-14(9)4-5-15-7-8-2-3-8/h8,10H,2-7H2,1H3. The molecule has 1 aliphatic carbocycles. The molecule has 0 aliphatic heterocycles. The third-order valence-corrected chi connectivity index (χ3v) is 2.44. The van der Waals surface area contributed by atoms with Gasteiger partial charge in [0.25, 0.3) is 0 Å². The zero-order chi connectivity index (χ0) is 10.5. The highest BCUT2D eigenvalue weighted by Gasteiger charge is 2.20. The van der Waals surface area contributed by atoms with Crippen molar-refractivity contribution in [2.24, 2.45) is 5.92 Å². The summed E-state index contributed by atoms with van der Waals surface area (Å²) in [5, 5.41) is 14.5. The molecule has 6 nitrogen and oxygen atoms in total. The second-order valence-electron chi connectivity index (χ2n) is 3.87. The second-order valence-corrected chi connectivity index (χ2v) is 3.87. The smallest absolute Gasteiger partial charge is 0.165 e. The van der Waals surface area contributed by atoms with Gasteiger partial charge < -0.3 is 10.1 Å². The van der Waals surface area contributed by atoms with Crippen LogP contribution >= 0.6 is 0 Å². The van der Waals surface area contributed by atoms with Crippen molar-refractivity contribution in [1.82, 2.24) is 25.5 Å². The van der Waals surface area contributed by atoms with E-state index in [0.29, 0.717) is 13.2 Å². The molecule has 0 aromatic carbocycles. The largest absolute Gasteiger partial charge is 0.379 e. The van der Waals surface area contributed by atoms with Crippen LogP contribution in [0.1, 0.15) is 18.7 Å². The molecule has 2 rings (SSSR count). The highest BCUT2D eigenvalue weighted by molar-refractivity contribution is 4.78. The molecule has 1 fully saturated rings. The van der Waals surface area contributed by atoms with Gasteiger partial charge in [-0.1, -0.05) is 0 Å². The third kappa shape index (κ3) is 3.24. The van der Waals surface area contributed by atoms with Crippen LogP contribution in [0.5, 0.6) is 0 Å². The number of nitrogens with zero attached hydrogens (tertiary/aromatic N) is 4. The average Bonchev–Trinajstić information content (AvgIpc) is 2.96. The van der Waals surface area contributed by atoms with Crippen LogP contribution in [-0.2, 0) is 17.8 Å². The summed E-state index contributed by atoms with van der Waals surface area (Å²) in [6, 6.07) is 0. The van der Waals surface area contributed by atoms with Gasteiger partial charge in [-0.3, -0.25) is 0 Å². The van der Waals surface area contributed by atoms with E-state index in [1.54, 1.807) is 4.68 Å². The van der Waals surface area contributed by atoms with Crippen LogP contribution in [0.15, 0.2) is 0 Å². The van der Waals surface area contributed by atoms with Crippen LogP contribution in [0, 0.1) is 5.92 Å². The summed E-state index contributed by atoms with van der Waals surface area (Å²) in [6.45, 7) is 3.01. The van der Waals surface area contributed by atoms with Crippen LogP contribution in [0.25, 0.3) is 0 Å². The van der Waals surface area contributed by atoms with Gasteiger partial charge in [-0.05, 0) is 36.2 Å². The van der Waals surface area contributed by atoms with E-state index in [0.717, 1.165) is 24.9 Å². The lowest BCUT2D eigenvalue weighted by molar-refractivity contribution is 0.113. The zero-order valence-electron chi connectivity index (χ0n) is 9.02. The molecule has 1 aromatic rings. The van der Waals surface area contributed by atoms with Gasteiger partial charge in [-0.15, -0.1) is 5.10 Å². The number of nitrogens with one attached hydrogen (secondary N) is 1. The SMILES string of the molecule is CNCc1nnnn1CCOCC1CC1. The minimum Gasteiger partial charge on any atom is -0.379 e. The van der Waals surface area contributed by atoms with E-state index in [9.17, 15) is 0 Å². The van der Waals surface area contributed by atoms with E-state index < -0.39 is 0 Å². The Labute approximate surface area is 89.0 Å². The molecular formula is C9H17N5O. The molecule has 0 radical (unpaired) electrons. The number of aromatic nitrogens is 4. The van der Waals surface area contributed by atoms with Crippen molar-refractivity contribution < 1.29 is 4.74 Å². The lowest BCUT2D eigenvalue weighted by Gasteiger charge is -2.04. The Bertz CT molecular complexity index is 296. The fourth-order valence-corrected chi connectivity index (χ4v) is 1.37. The van der Waals surface area contributed by atoms with Gasteiger partial charge in [0.2, 0.25) is 0 Å². The number of hydrogen-bond acceptors (Lipinski definition) is 5. The molecule has 1 N–H and O–H groups in total. The highest BCUT2D eigenvalue weighted by Crippen LogP contribution is 2.28. The van der Waals surface area contributed by atoms with Crippen LogP contribution in [-0.4, -0.2) is 40.5 Å². The number of rotatable bonds is 7. The molecule has 6 heteroatoms. The summed E-state index contributed by atoms with van der Waals surface area (Å²) < 4.78 is 7.31. The molecule has 1 saturated carbocycles. The van der Waals surface area contributed by atoms with Crippen LogP contribution < -0.4 is 5.32 Å². The van der Waals surface area contributed by atoms with Crippen LogP contribution in [0.4, 0.5) is 0 Å². The first kappa shape index (κ1) is 10.5. The van der Waals surface area contributed by atoms with Crippen molar-refractivity contribution in [3.8, 4) is 0 Å². The molecule has 0 bridgehead atoms. The number of tetrazole rings is 1. The van der Waals surface area contributed by atoms with Gasteiger partial charge in [0.05, 0.1) is 19.7 Å². The molecule has 1 aromatic heterocycles. The van der Waals surface area contributed by atoms with E-state index in [4.69, 9.17) is 4.74 Å². The molecule has 84 valence electrons. The molecule has 0 saturated heterocycles. The zero-order valence-corrected chi connectivity index (χ0v) is 9.02. The summed E-state index contributed by atoms with van der Waals surface area (Å²) in [7, 11) is 1.88. The summed E-state index contributed by atoms with van der Waals surface area (Å²) in [4.78, 5) is 0. The quantitative estimate of drug-likeness (QED) is 0.634. The summed E-state index contributed by atoms with van der Waals surface area (Å²) in [5.74, 6) is 1.67. The lowest BCUT2D eigenvalue weighted by atomic mass is 10.5. The van der Waals surface area contributed by atoms with Gasteiger partial charge in [0.1, 0.15) is 0 Å². The molecule has 0 unspecified atom stereocenters. The Balaban J connectivity index is 1.68. The predicted molar refractivity (Wildman–Crippen MR) is 54.1 cm³/mol. The molecule has 1 aliphatic rings. The minimum absolute atomic E-state index is 0.690. The van der Waals surface area contributed by atoms with Gasteiger partial charge >= 0.3 is 0 Å². The highest BCUT2D eigenvalue weighted by atomic mass is 16.5. The van der Waals surface area contributed by atoms with Gasteiger partial charge in [0, 0.05) is 6.61 Å². The number of ether oxygens (including phenoxy) is 1. The minimum atomic E-state index is 0.690. The van der Waals surface area contributed by atoms with Crippen LogP contribution in [0.3, 0.4) is 0 Å². The van der Waals surface area contributed by atoms with Crippen molar-refractivity contribution >= 4 is 0 Å². The molecule has 0 spiro atoms. The van der Waals surface area contributed by atoms with E-state index in [-0.39, 0.29) is 0 Å². The Morgan fingerprint density at radius 2 is 2.40 bits per heavy atom. The topological polar surface area (TPSA) is 64.9 Å². The van der Waals surface area contributed by atoms with Gasteiger partial charge in [0.15, 0.2) is 5.82 Å². The van der Waals surface area contributed by atoms with E-state index >= 15 is 0 Å². The normalized spacial score (nSPS) is 15.8. The van der Waals surface area contributed by atoms with E-state index in [2.05, 4.69) is 20.8 Å². The van der Waals surface area contributed by atoms with Gasteiger partial charge in [-0.2, -0.15) is 0 Å². The molecule has 15 heavy (non-hydrogen) atoms. The van der Waals surface area contributed by atoms with Crippen LogP contribution in [0.2, 0.25) is 0 Å². The second kappa shape index (κ2) is 5.18. The first-order valence-corrected chi connectivity index (χ1v) is 5.37. The number of hydrogen-bond donors (Lipinski definition) is 1. The molecule has 1 heterocycles. The Morgan fingerprint density at radius 1 is 1.53 bits per heavy atom. The first-order chi connectivity index (χ1) is 7.40. The maximum atomic E-state index is 5.53. The Morgan fingerprint density at radius 3 is 3.13 bits per heavy atom. The monoisotopic (exact) mass is 211 g/mol. The summed E-state index contributed by atoms with van der Waals surface area (Å²) >= 11 is 0. The average molecular weight is 211 g/mol. The van der Waals surface area contributed by atoms with Crippen molar-refractivity contribution in [3.63, 3.8) is 0 Å². The Kier molecular flexibility index (Phi) is 3.63. The fourth-order valence-electron chi connectivity index (χ4n) is 1.37. The molecule has 0 atom stereocenters. The van der Waals surface area contributed by atoms with Gasteiger partial charge in [-0.25, -0.2) is 4.68 Å². The van der Waals surface area contributed by atoms with Crippen molar-refractivity contribution in [1.29, 1.82) is 0 Å². The van der Waals surface area contributed by atoms with E-state index in [1.807, 2.05) is 7.05 Å². The summed E-state index contributed by atoms with van der Waals surface area (Å²) in [5.41, 5.74) is 0. The molecule has 0 amide bonds. The van der Waals surface area contributed by atoms with Crippen molar-refractivity contribution in [2.75, 3.05) is 20.3 Å². The maximum absolute atomic E-state index is 5.53. The third-order valence-electron chi connectivity index (χ3n) is 2.44. The summed E-state index contributed by atoms with van der Waals surface area (Å²) in [6.07, 6.45) is 2.66. The fraction of sp³-hybridized carbons (Fsp3) is 0.889. The molecular weight excluding hydrogens is 194 g/mol. The van der Waals surface area contributed by atoms with E-state index in [1.165, 1.54) is 12.8 Å². The van der Waals surface area contributed by atoms with Crippen molar-refractivity contribution in [3.05, 3.63) is 5.82 Å². The Hall–Kier alpha value is -1.01. The maximum Gasteiger partial charge on any atom is 0.165 e. The first-order valence-electron chi connectivity index (χ1n) is 5.37. The van der Waals surface area contributed by atoms with Crippen molar-refractivity contribution in [2.45, 2.75) is 25.9 Å². The lowest BCUT2D eigenvalue weighted by Crippen LogP contribution is -2.16. The predicted octanol–water partition coefficient (Wildman–Crippen LogP) is -0.181.